The van der Waals surface area contributed by atoms with E-state index in [0.717, 1.165) is 0 Å². The van der Waals surface area contributed by atoms with E-state index < -0.39 is 105 Å². The summed E-state index contributed by atoms with van der Waals surface area (Å²) in [4.78, 5) is 0. The second-order valence-corrected chi connectivity index (χ2v) is 8.32. The van der Waals surface area contributed by atoms with Gasteiger partial charge < -0.3 is 74.7 Å². The van der Waals surface area contributed by atoms with Crippen LogP contribution in [-0.2, 0) is 23.7 Å². The summed E-state index contributed by atoms with van der Waals surface area (Å²) in [6.07, 6.45) is -24.0. The molecule has 3 unspecified atom stereocenters. The van der Waals surface area contributed by atoms with Gasteiger partial charge in [-0.2, -0.15) is 0 Å². The van der Waals surface area contributed by atoms with E-state index in [9.17, 15) is 51.1 Å². The summed E-state index contributed by atoms with van der Waals surface area (Å²) in [7, 11) is 0. The minimum atomic E-state index is -1.88. The quantitative estimate of drug-likeness (QED) is 0.167. The van der Waals surface area contributed by atoms with Gasteiger partial charge in [-0.3, -0.25) is 0 Å². The van der Waals surface area contributed by atoms with Gasteiger partial charge in [0.1, 0.15) is 67.1 Å². The number of aliphatic hydroxyl groups is 10. The van der Waals surface area contributed by atoms with Gasteiger partial charge in [-0.15, -0.1) is 0 Å². The Morgan fingerprint density at radius 3 is 1.64 bits per heavy atom. The van der Waals surface area contributed by atoms with Crippen molar-refractivity contribution in [1.29, 1.82) is 0 Å². The molecule has 0 radical (unpaired) electrons. The lowest BCUT2D eigenvalue weighted by Gasteiger charge is -2.48. The Hall–Kier alpha value is -0.600. The van der Waals surface area contributed by atoms with Crippen LogP contribution >= 0.6 is 0 Å². The molecular formula is C18H32O15. The van der Waals surface area contributed by atoms with Gasteiger partial charge in [0.25, 0.3) is 0 Å². The minimum Gasteiger partial charge on any atom is -0.394 e. The first-order valence-electron chi connectivity index (χ1n) is 10.4. The summed E-state index contributed by atoms with van der Waals surface area (Å²) in [6, 6.07) is 0. The summed E-state index contributed by atoms with van der Waals surface area (Å²) < 4.78 is 26.9. The van der Waals surface area contributed by atoms with Gasteiger partial charge in [-0.25, -0.2) is 0 Å². The Morgan fingerprint density at radius 1 is 0.545 bits per heavy atom. The number of hydrogen-bond acceptors (Lipinski definition) is 15. The van der Waals surface area contributed by atoms with E-state index in [1.165, 1.54) is 6.92 Å². The lowest BCUT2D eigenvalue weighted by atomic mass is 9.96. The molecule has 15 heteroatoms. The molecule has 0 aromatic heterocycles. The second kappa shape index (κ2) is 11.0. The molecule has 10 N–H and O–H groups in total. The van der Waals surface area contributed by atoms with Crippen molar-refractivity contribution in [3.63, 3.8) is 0 Å². The number of ether oxygens (including phenoxy) is 5. The van der Waals surface area contributed by atoms with Crippen LogP contribution in [0.15, 0.2) is 0 Å². The van der Waals surface area contributed by atoms with E-state index in [4.69, 9.17) is 23.7 Å². The molecule has 3 saturated heterocycles. The van der Waals surface area contributed by atoms with E-state index in [1.54, 1.807) is 0 Å². The molecule has 3 aliphatic rings. The molecule has 3 rings (SSSR count). The maximum absolute atomic E-state index is 10.5. The normalized spacial score (nSPS) is 53.7. The maximum atomic E-state index is 10.5. The number of hydrogen-bond donors (Lipinski definition) is 10. The second-order valence-electron chi connectivity index (χ2n) is 8.32. The van der Waals surface area contributed by atoms with Crippen LogP contribution in [0.3, 0.4) is 0 Å². The van der Waals surface area contributed by atoms with Crippen LogP contribution < -0.4 is 0 Å². The summed E-state index contributed by atoms with van der Waals surface area (Å²) >= 11 is 0. The molecule has 0 aromatic carbocycles. The minimum absolute atomic E-state index is 0.739. The molecule has 194 valence electrons. The average Bonchev–Trinajstić information content (AvgIpc) is 2.80. The van der Waals surface area contributed by atoms with Gasteiger partial charge in [0, 0.05) is 0 Å². The van der Waals surface area contributed by atoms with Gasteiger partial charge in [-0.1, -0.05) is 0 Å². The molecule has 0 amide bonds. The zero-order chi connectivity index (χ0) is 24.6. The average molecular weight is 488 g/mol. The van der Waals surface area contributed by atoms with Gasteiger partial charge >= 0.3 is 0 Å². The summed E-state index contributed by atoms with van der Waals surface area (Å²) in [6.45, 7) is -0.127. The van der Waals surface area contributed by atoms with Crippen molar-refractivity contribution in [3.8, 4) is 0 Å². The predicted octanol–water partition coefficient (Wildman–Crippen LogP) is -6.55. The van der Waals surface area contributed by atoms with Crippen molar-refractivity contribution in [2.75, 3.05) is 13.2 Å². The first-order valence-corrected chi connectivity index (χ1v) is 10.4. The fraction of sp³-hybridized carbons (Fsp3) is 1.00. The van der Waals surface area contributed by atoms with Crippen molar-refractivity contribution in [2.45, 2.75) is 99.0 Å². The van der Waals surface area contributed by atoms with Gasteiger partial charge in [0.05, 0.1) is 19.3 Å². The topological polar surface area (TPSA) is 248 Å². The predicted molar refractivity (Wildman–Crippen MR) is 99.8 cm³/mol. The highest BCUT2D eigenvalue weighted by Gasteiger charge is 2.53. The number of rotatable bonds is 6. The molecule has 0 aliphatic carbocycles. The van der Waals surface area contributed by atoms with E-state index in [1.807, 2.05) is 0 Å². The van der Waals surface area contributed by atoms with Crippen LogP contribution in [0.2, 0.25) is 0 Å². The van der Waals surface area contributed by atoms with E-state index in [-0.39, 0.29) is 0 Å². The lowest BCUT2D eigenvalue weighted by Crippen LogP contribution is -2.66. The lowest BCUT2D eigenvalue weighted by molar-refractivity contribution is -0.382. The van der Waals surface area contributed by atoms with Crippen LogP contribution in [0.5, 0.6) is 0 Å². The number of aliphatic hydroxyl groups excluding tert-OH is 10. The highest BCUT2D eigenvalue weighted by molar-refractivity contribution is 4.96. The van der Waals surface area contributed by atoms with Crippen molar-refractivity contribution in [2.24, 2.45) is 0 Å². The van der Waals surface area contributed by atoms with Crippen LogP contribution in [0.4, 0.5) is 0 Å². The molecule has 0 spiro atoms. The highest BCUT2D eigenvalue weighted by atomic mass is 16.8. The standard InChI is InChI=1S/C18H32O15/c1-4-7(21)9(23)11(25)17(29-4)33-15-13(27)16(28)30-6(3-20)14(15)32-18-12(26)10(24)8(22)5(2-19)31-18/h4-28H,2-3H2,1H3/t4-,5+,6+,7+,8-,9+,10-,11-,12+,13+,14+,15+,16?,17?,18?/m0/s1. The fourth-order valence-corrected chi connectivity index (χ4v) is 3.99. The first-order chi connectivity index (χ1) is 15.5. The largest absolute Gasteiger partial charge is 0.394 e. The molecule has 0 saturated carbocycles. The van der Waals surface area contributed by atoms with Crippen molar-refractivity contribution >= 4 is 0 Å². The Labute approximate surface area is 187 Å². The molecule has 15 nitrogen and oxygen atoms in total. The third-order valence-corrected chi connectivity index (χ3v) is 6.05. The smallest absolute Gasteiger partial charge is 0.187 e. The SMILES string of the molecule is C[C@@H]1OC(O[C@H]2[C@H](OC3O[C@H](CO)[C@H](O)[C@H](O)[C@H]3O)[C@@H](CO)OC(O)[C@@H]2O)[C@@H](O)[C@H](O)[C@@H]1O. The Bertz CT molecular complexity index is 624. The monoisotopic (exact) mass is 488 g/mol. The van der Waals surface area contributed by atoms with E-state index in [0.29, 0.717) is 0 Å². The van der Waals surface area contributed by atoms with Crippen molar-refractivity contribution in [3.05, 3.63) is 0 Å². The third-order valence-electron chi connectivity index (χ3n) is 6.05. The van der Waals surface area contributed by atoms with Crippen molar-refractivity contribution < 1.29 is 74.7 Å². The summed E-state index contributed by atoms with van der Waals surface area (Å²) in [5.41, 5.74) is 0. The van der Waals surface area contributed by atoms with Crippen LogP contribution in [0.1, 0.15) is 6.92 Å². The molecule has 15 atom stereocenters. The van der Waals surface area contributed by atoms with Gasteiger partial charge in [0.15, 0.2) is 18.9 Å². The molecule has 3 fully saturated rings. The Balaban J connectivity index is 1.83. The van der Waals surface area contributed by atoms with Gasteiger partial charge in [0.2, 0.25) is 0 Å². The molecule has 3 heterocycles. The zero-order valence-electron chi connectivity index (χ0n) is 17.6. The Morgan fingerprint density at radius 2 is 1.06 bits per heavy atom. The van der Waals surface area contributed by atoms with Crippen molar-refractivity contribution in [1.82, 2.24) is 0 Å². The van der Waals surface area contributed by atoms with Crippen LogP contribution in [0.25, 0.3) is 0 Å². The highest BCUT2D eigenvalue weighted by Crippen LogP contribution is 2.32. The first kappa shape index (κ1) is 27.0. The Kier molecular flexibility index (Phi) is 8.99. The summed E-state index contributed by atoms with van der Waals surface area (Å²) in [5, 5.41) is 99.8. The van der Waals surface area contributed by atoms with E-state index >= 15 is 0 Å². The molecule has 3 aliphatic heterocycles. The third kappa shape index (κ3) is 5.32. The van der Waals surface area contributed by atoms with Crippen LogP contribution in [-0.4, -0.2) is 156 Å². The van der Waals surface area contributed by atoms with Crippen LogP contribution in [0, 0.1) is 0 Å². The van der Waals surface area contributed by atoms with E-state index in [2.05, 4.69) is 0 Å². The maximum Gasteiger partial charge on any atom is 0.187 e. The molecular weight excluding hydrogens is 456 g/mol. The fourth-order valence-electron chi connectivity index (χ4n) is 3.99. The zero-order valence-corrected chi connectivity index (χ0v) is 17.6. The molecule has 0 aromatic rings. The summed E-state index contributed by atoms with van der Waals surface area (Å²) in [5.74, 6) is 0. The van der Waals surface area contributed by atoms with Gasteiger partial charge in [-0.05, 0) is 6.92 Å². The molecule has 33 heavy (non-hydrogen) atoms. The molecule has 0 bridgehead atoms.